The molecule has 0 radical (unpaired) electrons. The summed E-state index contributed by atoms with van der Waals surface area (Å²) in [4.78, 5) is 4.32. The zero-order chi connectivity index (χ0) is 12.1. The van der Waals surface area contributed by atoms with Crippen LogP contribution in [0.5, 0.6) is 0 Å². The molecule has 0 fully saturated rings. The van der Waals surface area contributed by atoms with E-state index in [1.54, 1.807) is 0 Å². The molecule has 1 aromatic carbocycles. The number of benzene rings is 1. The molecule has 17 heavy (non-hydrogen) atoms. The fourth-order valence-electron chi connectivity index (χ4n) is 1.79. The lowest BCUT2D eigenvalue weighted by Gasteiger charge is -2.08. The summed E-state index contributed by atoms with van der Waals surface area (Å²) in [7, 11) is 0. The summed E-state index contributed by atoms with van der Waals surface area (Å²) in [6.07, 6.45) is 2.90. The van der Waals surface area contributed by atoms with Gasteiger partial charge in [0.2, 0.25) is 0 Å². The van der Waals surface area contributed by atoms with Crippen LogP contribution in [0.2, 0.25) is 0 Å². The van der Waals surface area contributed by atoms with Gasteiger partial charge in [0.25, 0.3) is 0 Å². The predicted molar refractivity (Wildman–Crippen MR) is 72.1 cm³/mol. The van der Waals surface area contributed by atoms with Crippen LogP contribution in [-0.2, 0) is 13.0 Å². The third-order valence-corrected chi connectivity index (χ3v) is 2.95. The highest BCUT2D eigenvalue weighted by Crippen LogP contribution is 2.11. The Morgan fingerprint density at radius 3 is 2.76 bits per heavy atom. The SMILES string of the molecule is CCc1ccnc(NCc2ccccc2C)c1. The molecule has 1 aromatic heterocycles. The van der Waals surface area contributed by atoms with Gasteiger partial charge in [0.1, 0.15) is 5.82 Å². The van der Waals surface area contributed by atoms with Crippen molar-refractivity contribution in [3.8, 4) is 0 Å². The van der Waals surface area contributed by atoms with Gasteiger partial charge in [-0.3, -0.25) is 0 Å². The van der Waals surface area contributed by atoms with Gasteiger partial charge >= 0.3 is 0 Å². The molecule has 0 aliphatic carbocycles. The maximum Gasteiger partial charge on any atom is 0.126 e. The molecule has 0 spiro atoms. The Bertz CT molecular complexity index is 492. The van der Waals surface area contributed by atoms with Crippen molar-refractivity contribution < 1.29 is 0 Å². The Hall–Kier alpha value is -1.83. The van der Waals surface area contributed by atoms with Crippen molar-refractivity contribution in [1.82, 2.24) is 4.98 Å². The molecule has 0 bridgehead atoms. The highest BCUT2D eigenvalue weighted by Gasteiger charge is 1.98. The zero-order valence-electron chi connectivity index (χ0n) is 10.4. The van der Waals surface area contributed by atoms with Crippen LogP contribution in [-0.4, -0.2) is 4.98 Å². The highest BCUT2D eigenvalue weighted by atomic mass is 15.0. The van der Waals surface area contributed by atoms with Crippen LogP contribution in [0.15, 0.2) is 42.6 Å². The lowest BCUT2D eigenvalue weighted by atomic mass is 10.1. The second-order valence-electron chi connectivity index (χ2n) is 4.18. The molecule has 0 saturated carbocycles. The van der Waals surface area contributed by atoms with E-state index >= 15 is 0 Å². The summed E-state index contributed by atoms with van der Waals surface area (Å²) < 4.78 is 0. The van der Waals surface area contributed by atoms with Gasteiger partial charge in [0, 0.05) is 12.7 Å². The summed E-state index contributed by atoms with van der Waals surface area (Å²) in [5, 5.41) is 3.37. The summed E-state index contributed by atoms with van der Waals surface area (Å²) in [5.74, 6) is 0.951. The summed E-state index contributed by atoms with van der Waals surface area (Å²) >= 11 is 0. The molecule has 0 aliphatic rings. The van der Waals surface area contributed by atoms with Crippen LogP contribution in [0.4, 0.5) is 5.82 Å². The minimum absolute atomic E-state index is 0.826. The van der Waals surface area contributed by atoms with Gasteiger partial charge in [-0.05, 0) is 42.2 Å². The molecule has 0 amide bonds. The first-order valence-corrected chi connectivity index (χ1v) is 6.03. The van der Waals surface area contributed by atoms with E-state index in [4.69, 9.17) is 0 Å². The largest absolute Gasteiger partial charge is 0.366 e. The minimum Gasteiger partial charge on any atom is -0.366 e. The second kappa shape index (κ2) is 5.48. The molecule has 0 saturated heterocycles. The van der Waals surface area contributed by atoms with Crippen LogP contribution < -0.4 is 5.32 Å². The minimum atomic E-state index is 0.826. The molecule has 88 valence electrons. The number of nitrogens with zero attached hydrogens (tertiary/aromatic N) is 1. The topological polar surface area (TPSA) is 24.9 Å². The Labute approximate surface area is 103 Å². The molecule has 1 N–H and O–H groups in total. The average Bonchev–Trinajstić information content (AvgIpc) is 2.38. The van der Waals surface area contributed by atoms with Crippen molar-refractivity contribution in [1.29, 1.82) is 0 Å². The number of hydrogen-bond donors (Lipinski definition) is 1. The molecule has 2 nitrogen and oxygen atoms in total. The fourth-order valence-corrected chi connectivity index (χ4v) is 1.79. The number of rotatable bonds is 4. The maximum absolute atomic E-state index is 4.32. The number of nitrogens with one attached hydrogen (secondary N) is 1. The van der Waals surface area contributed by atoms with E-state index in [0.29, 0.717) is 0 Å². The third kappa shape index (κ3) is 3.06. The predicted octanol–water partition coefficient (Wildman–Crippen LogP) is 3.56. The molecule has 2 rings (SSSR count). The first-order chi connectivity index (χ1) is 8.29. The smallest absolute Gasteiger partial charge is 0.126 e. The molecule has 2 heteroatoms. The standard InChI is InChI=1S/C15H18N2/c1-3-13-8-9-16-15(10-13)17-11-14-7-5-4-6-12(14)2/h4-10H,3,11H2,1-2H3,(H,16,17). The van der Waals surface area contributed by atoms with Gasteiger partial charge in [0.05, 0.1) is 0 Å². The van der Waals surface area contributed by atoms with E-state index < -0.39 is 0 Å². The number of hydrogen-bond acceptors (Lipinski definition) is 2. The van der Waals surface area contributed by atoms with Gasteiger partial charge < -0.3 is 5.32 Å². The highest BCUT2D eigenvalue weighted by molar-refractivity contribution is 5.39. The number of anilines is 1. The number of aryl methyl sites for hydroxylation is 2. The maximum atomic E-state index is 4.32. The number of pyridine rings is 1. The third-order valence-electron chi connectivity index (χ3n) is 2.95. The lowest BCUT2D eigenvalue weighted by Crippen LogP contribution is -2.03. The molecule has 2 aromatic rings. The summed E-state index contributed by atoms with van der Waals surface area (Å²) in [6.45, 7) is 5.11. The average molecular weight is 226 g/mol. The Morgan fingerprint density at radius 2 is 2.00 bits per heavy atom. The first kappa shape index (κ1) is 11.6. The van der Waals surface area contributed by atoms with Crippen LogP contribution in [0, 0.1) is 6.92 Å². The van der Waals surface area contributed by atoms with Crippen molar-refractivity contribution in [2.45, 2.75) is 26.8 Å². The molecule has 0 unspecified atom stereocenters. The van der Waals surface area contributed by atoms with Crippen molar-refractivity contribution in [3.63, 3.8) is 0 Å². The van der Waals surface area contributed by atoms with Crippen molar-refractivity contribution in [3.05, 3.63) is 59.3 Å². The Morgan fingerprint density at radius 1 is 1.18 bits per heavy atom. The monoisotopic (exact) mass is 226 g/mol. The second-order valence-corrected chi connectivity index (χ2v) is 4.18. The van der Waals surface area contributed by atoms with Gasteiger partial charge in [-0.1, -0.05) is 31.2 Å². The Balaban J connectivity index is 2.05. The van der Waals surface area contributed by atoms with E-state index in [0.717, 1.165) is 18.8 Å². The van der Waals surface area contributed by atoms with Crippen LogP contribution in [0.3, 0.4) is 0 Å². The first-order valence-electron chi connectivity index (χ1n) is 6.03. The van der Waals surface area contributed by atoms with Crippen LogP contribution in [0.25, 0.3) is 0 Å². The molecule has 0 atom stereocenters. The van der Waals surface area contributed by atoms with Gasteiger partial charge in [-0.15, -0.1) is 0 Å². The van der Waals surface area contributed by atoms with Crippen molar-refractivity contribution >= 4 is 5.82 Å². The van der Waals surface area contributed by atoms with E-state index in [2.05, 4.69) is 60.5 Å². The molecule has 1 heterocycles. The van der Waals surface area contributed by atoms with Gasteiger partial charge in [0.15, 0.2) is 0 Å². The van der Waals surface area contributed by atoms with Gasteiger partial charge in [-0.2, -0.15) is 0 Å². The fraction of sp³-hybridized carbons (Fsp3) is 0.267. The summed E-state index contributed by atoms with van der Waals surface area (Å²) in [6, 6.07) is 12.6. The van der Waals surface area contributed by atoms with E-state index in [-0.39, 0.29) is 0 Å². The lowest BCUT2D eigenvalue weighted by molar-refractivity contribution is 1.07. The quantitative estimate of drug-likeness (QED) is 0.862. The molecular weight excluding hydrogens is 208 g/mol. The van der Waals surface area contributed by atoms with E-state index in [9.17, 15) is 0 Å². The Kier molecular flexibility index (Phi) is 3.76. The van der Waals surface area contributed by atoms with E-state index in [1.807, 2.05) is 6.20 Å². The summed E-state index contributed by atoms with van der Waals surface area (Å²) in [5.41, 5.74) is 3.94. The van der Waals surface area contributed by atoms with E-state index in [1.165, 1.54) is 16.7 Å². The van der Waals surface area contributed by atoms with Crippen LogP contribution in [0.1, 0.15) is 23.6 Å². The van der Waals surface area contributed by atoms with Crippen molar-refractivity contribution in [2.24, 2.45) is 0 Å². The number of aromatic nitrogens is 1. The van der Waals surface area contributed by atoms with Crippen molar-refractivity contribution in [2.75, 3.05) is 5.32 Å². The van der Waals surface area contributed by atoms with Gasteiger partial charge in [-0.25, -0.2) is 4.98 Å². The zero-order valence-corrected chi connectivity index (χ0v) is 10.4. The molecular formula is C15H18N2. The van der Waals surface area contributed by atoms with Crippen LogP contribution >= 0.6 is 0 Å². The molecule has 0 aliphatic heterocycles. The normalized spacial score (nSPS) is 10.2.